The minimum absolute atomic E-state index is 0.117. The van der Waals surface area contributed by atoms with Crippen molar-refractivity contribution in [1.29, 1.82) is 0 Å². The lowest BCUT2D eigenvalue weighted by molar-refractivity contribution is 0.0761. The summed E-state index contributed by atoms with van der Waals surface area (Å²) in [5.41, 5.74) is -0.326. The lowest BCUT2D eigenvalue weighted by Crippen LogP contribution is -2.31. The van der Waals surface area contributed by atoms with E-state index in [4.69, 9.17) is 0 Å². The van der Waals surface area contributed by atoms with Crippen molar-refractivity contribution in [2.24, 2.45) is 0 Å². The standard InChI is InChI=1S/C20H18F4N2O2/c21-15-11-14(16(22)18(24)17(15)23)19(27)25-13-7-5-12(6-8-13)20(28)26-9-3-1-2-4-10-26/h5-8,11H,1-4,9-10H2,(H,25,27). The Morgan fingerprint density at radius 1 is 0.821 bits per heavy atom. The number of nitrogens with one attached hydrogen (secondary N) is 1. The molecular formula is C20H18F4N2O2. The van der Waals surface area contributed by atoms with Crippen LogP contribution in [0.5, 0.6) is 0 Å². The predicted molar refractivity (Wildman–Crippen MR) is 95.0 cm³/mol. The highest BCUT2D eigenvalue weighted by molar-refractivity contribution is 6.04. The van der Waals surface area contributed by atoms with Crippen LogP contribution in [0.2, 0.25) is 0 Å². The zero-order chi connectivity index (χ0) is 20.3. The van der Waals surface area contributed by atoms with Gasteiger partial charge in [-0.1, -0.05) is 12.8 Å². The fraction of sp³-hybridized carbons (Fsp3) is 0.300. The predicted octanol–water partition coefficient (Wildman–Crippen LogP) is 4.51. The second kappa shape index (κ2) is 8.41. The molecule has 0 aliphatic carbocycles. The minimum atomic E-state index is -2.05. The van der Waals surface area contributed by atoms with Crippen molar-refractivity contribution in [2.45, 2.75) is 25.7 Å². The smallest absolute Gasteiger partial charge is 0.258 e. The Morgan fingerprint density at radius 2 is 1.43 bits per heavy atom. The molecule has 0 spiro atoms. The monoisotopic (exact) mass is 394 g/mol. The molecule has 2 amide bonds. The van der Waals surface area contributed by atoms with Gasteiger partial charge in [-0.25, -0.2) is 17.6 Å². The molecule has 1 aliphatic heterocycles. The van der Waals surface area contributed by atoms with Crippen molar-refractivity contribution in [2.75, 3.05) is 18.4 Å². The van der Waals surface area contributed by atoms with Gasteiger partial charge in [0.25, 0.3) is 11.8 Å². The van der Waals surface area contributed by atoms with Crippen molar-refractivity contribution >= 4 is 17.5 Å². The van der Waals surface area contributed by atoms with E-state index in [2.05, 4.69) is 5.32 Å². The first-order valence-electron chi connectivity index (χ1n) is 8.92. The van der Waals surface area contributed by atoms with Crippen LogP contribution in [0.15, 0.2) is 30.3 Å². The molecule has 1 aliphatic rings. The summed E-state index contributed by atoms with van der Waals surface area (Å²) >= 11 is 0. The van der Waals surface area contributed by atoms with Gasteiger partial charge in [0.2, 0.25) is 0 Å². The zero-order valence-corrected chi connectivity index (χ0v) is 14.9. The minimum Gasteiger partial charge on any atom is -0.339 e. The van der Waals surface area contributed by atoms with Crippen molar-refractivity contribution < 1.29 is 27.2 Å². The van der Waals surface area contributed by atoms with Gasteiger partial charge in [-0.15, -0.1) is 0 Å². The van der Waals surface area contributed by atoms with Crippen LogP contribution in [0.25, 0.3) is 0 Å². The van der Waals surface area contributed by atoms with E-state index in [0.29, 0.717) is 24.7 Å². The number of hydrogen-bond donors (Lipinski definition) is 1. The molecule has 8 heteroatoms. The third kappa shape index (κ3) is 4.16. The molecule has 2 aromatic rings. The molecule has 2 aromatic carbocycles. The summed E-state index contributed by atoms with van der Waals surface area (Å²) in [5, 5.41) is 2.27. The van der Waals surface area contributed by atoms with Crippen molar-refractivity contribution in [3.8, 4) is 0 Å². The van der Waals surface area contributed by atoms with Crippen LogP contribution >= 0.6 is 0 Å². The molecule has 3 rings (SSSR count). The number of anilines is 1. The molecular weight excluding hydrogens is 376 g/mol. The van der Waals surface area contributed by atoms with E-state index < -0.39 is 34.7 Å². The van der Waals surface area contributed by atoms with Gasteiger partial charge in [-0.05, 0) is 43.2 Å². The normalized spacial score (nSPS) is 14.5. The molecule has 0 saturated carbocycles. The van der Waals surface area contributed by atoms with E-state index in [1.807, 2.05) is 0 Å². The van der Waals surface area contributed by atoms with Crippen molar-refractivity contribution in [3.63, 3.8) is 0 Å². The number of carbonyl (C=O) groups excluding carboxylic acids is 2. The highest BCUT2D eigenvalue weighted by atomic mass is 19.2. The lowest BCUT2D eigenvalue weighted by atomic mass is 10.1. The van der Waals surface area contributed by atoms with Crippen molar-refractivity contribution in [1.82, 2.24) is 4.90 Å². The van der Waals surface area contributed by atoms with Gasteiger partial charge in [0.15, 0.2) is 23.3 Å². The quantitative estimate of drug-likeness (QED) is 0.473. The summed E-state index contributed by atoms with van der Waals surface area (Å²) < 4.78 is 53.3. The average Bonchev–Trinajstić information content (AvgIpc) is 2.98. The number of amides is 2. The van der Waals surface area contributed by atoms with Gasteiger partial charge in [0.05, 0.1) is 5.56 Å². The van der Waals surface area contributed by atoms with E-state index >= 15 is 0 Å². The lowest BCUT2D eigenvalue weighted by Gasteiger charge is -2.20. The summed E-state index contributed by atoms with van der Waals surface area (Å²) in [7, 11) is 0. The highest BCUT2D eigenvalue weighted by Gasteiger charge is 2.23. The molecule has 28 heavy (non-hydrogen) atoms. The van der Waals surface area contributed by atoms with E-state index in [-0.39, 0.29) is 11.6 Å². The highest BCUT2D eigenvalue weighted by Crippen LogP contribution is 2.21. The second-order valence-electron chi connectivity index (χ2n) is 6.59. The van der Waals surface area contributed by atoms with Crippen LogP contribution in [0.4, 0.5) is 23.2 Å². The first-order chi connectivity index (χ1) is 13.4. The largest absolute Gasteiger partial charge is 0.339 e. The Labute approximate surface area is 159 Å². The number of nitrogens with zero attached hydrogens (tertiary/aromatic N) is 1. The third-order valence-electron chi connectivity index (χ3n) is 4.63. The van der Waals surface area contributed by atoms with Crippen LogP contribution in [-0.2, 0) is 0 Å². The number of rotatable bonds is 3. The van der Waals surface area contributed by atoms with E-state index in [9.17, 15) is 27.2 Å². The van der Waals surface area contributed by atoms with Crippen LogP contribution in [0, 0.1) is 23.3 Å². The summed E-state index contributed by atoms with van der Waals surface area (Å²) in [6, 6.07) is 6.16. The fourth-order valence-electron chi connectivity index (χ4n) is 3.09. The molecule has 1 N–H and O–H groups in total. The summed E-state index contributed by atoms with van der Waals surface area (Å²) in [5.74, 6) is -8.73. The maximum atomic E-state index is 13.7. The number of hydrogen-bond acceptors (Lipinski definition) is 2. The second-order valence-corrected chi connectivity index (χ2v) is 6.59. The molecule has 0 radical (unpaired) electrons. The van der Waals surface area contributed by atoms with Crippen LogP contribution in [0.1, 0.15) is 46.4 Å². The van der Waals surface area contributed by atoms with Crippen molar-refractivity contribution in [3.05, 3.63) is 64.7 Å². The van der Waals surface area contributed by atoms with E-state index in [1.54, 1.807) is 4.90 Å². The van der Waals surface area contributed by atoms with Gasteiger partial charge >= 0.3 is 0 Å². The number of carbonyl (C=O) groups is 2. The summed E-state index contributed by atoms with van der Waals surface area (Å²) in [6.45, 7) is 1.39. The SMILES string of the molecule is O=C(Nc1ccc(C(=O)N2CCCCCC2)cc1)c1cc(F)c(F)c(F)c1F. The number of likely N-dealkylation sites (tertiary alicyclic amines) is 1. The van der Waals surface area contributed by atoms with Crippen LogP contribution in [0.3, 0.4) is 0 Å². The average molecular weight is 394 g/mol. The molecule has 0 bridgehead atoms. The molecule has 0 aromatic heterocycles. The van der Waals surface area contributed by atoms with E-state index in [0.717, 1.165) is 25.7 Å². The van der Waals surface area contributed by atoms with E-state index in [1.165, 1.54) is 24.3 Å². The van der Waals surface area contributed by atoms with Gasteiger partial charge in [-0.2, -0.15) is 0 Å². The molecule has 4 nitrogen and oxygen atoms in total. The summed E-state index contributed by atoms with van der Waals surface area (Å²) in [6.07, 6.45) is 4.10. The molecule has 148 valence electrons. The first kappa shape index (κ1) is 19.9. The maximum absolute atomic E-state index is 13.7. The molecule has 1 fully saturated rings. The maximum Gasteiger partial charge on any atom is 0.258 e. The van der Waals surface area contributed by atoms with Crippen LogP contribution < -0.4 is 5.32 Å². The third-order valence-corrected chi connectivity index (χ3v) is 4.63. The molecule has 1 saturated heterocycles. The number of benzene rings is 2. The number of halogens is 4. The molecule has 0 atom stereocenters. The van der Waals surface area contributed by atoms with Gasteiger partial charge in [0.1, 0.15) is 0 Å². The molecule has 1 heterocycles. The Bertz CT molecular complexity index is 892. The Morgan fingerprint density at radius 3 is 2.04 bits per heavy atom. The topological polar surface area (TPSA) is 49.4 Å². The Balaban J connectivity index is 1.72. The van der Waals surface area contributed by atoms with Gasteiger partial charge in [-0.3, -0.25) is 9.59 Å². The Kier molecular flexibility index (Phi) is 5.96. The zero-order valence-electron chi connectivity index (χ0n) is 14.9. The first-order valence-corrected chi connectivity index (χ1v) is 8.92. The fourth-order valence-corrected chi connectivity index (χ4v) is 3.09. The van der Waals surface area contributed by atoms with Crippen LogP contribution in [-0.4, -0.2) is 29.8 Å². The Hall–Kier alpha value is -2.90. The van der Waals surface area contributed by atoms with Gasteiger partial charge < -0.3 is 10.2 Å². The summed E-state index contributed by atoms with van der Waals surface area (Å²) in [4.78, 5) is 26.4. The molecule has 0 unspecified atom stereocenters. The van der Waals surface area contributed by atoms with Gasteiger partial charge in [0, 0.05) is 24.3 Å².